The van der Waals surface area contributed by atoms with Crippen molar-refractivity contribution in [3.05, 3.63) is 102 Å². The molecule has 108 valence electrons. The van der Waals surface area contributed by atoms with Crippen LogP contribution >= 0.6 is 7.92 Å². The fourth-order valence-corrected chi connectivity index (χ4v) is 4.26. The van der Waals surface area contributed by atoms with Gasteiger partial charge in [0, 0.05) is 5.56 Å². The van der Waals surface area contributed by atoms with E-state index in [2.05, 4.69) is 24.3 Å². The molecule has 0 heterocycles. The molecule has 0 unspecified atom stereocenters. The highest BCUT2D eigenvalue weighted by Crippen LogP contribution is 2.37. The summed E-state index contributed by atoms with van der Waals surface area (Å²) in [6.07, 6.45) is 0. The first kappa shape index (κ1) is 14.6. The molecule has 1 N–H and O–H groups in total. The number of aliphatic hydroxyl groups excluding tert-OH is 1. The third-order valence-corrected chi connectivity index (χ3v) is 5.60. The molecule has 1 nitrogen and oxygen atoms in total. The molecule has 0 aromatic heterocycles. The molecule has 0 atom stereocenters. The van der Waals surface area contributed by atoms with Gasteiger partial charge >= 0.3 is 0 Å². The van der Waals surface area contributed by atoms with Crippen LogP contribution in [0.5, 0.6) is 0 Å². The van der Waals surface area contributed by atoms with Crippen LogP contribution in [0.15, 0.2) is 96.8 Å². The van der Waals surface area contributed by atoms with Crippen molar-refractivity contribution in [2.24, 2.45) is 0 Å². The first-order chi connectivity index (χ1) is 10.8. The molecule has 0 radical (unpaired) electrons. The first-order valence-electron chi connectivity index (χ1n) is 7.20. The molecule has 0 saturated carbocycles. The first-order valence-corrected chi connectivity index (χ1v) is 8.61. The molecule has 2 heteroatoms. The fraction of sp³-hybridized carbons (Fsp3) is 0. The van der Waals surface area contributed by atoms with Gasteiger partial charge in [0.25, 0.3) is 0 Å². The zero-order valence-electron chi connectivity index (χ0n) is 12.1. The highest BCUT2D eigenvalue weighted by molar-refractivity contribution is 7.76. The van der Waals surface area contributed by atoms with Gasteiger partial charge in [-0.15, -0.1) is 0 Å². The van der Waals surface area contributed by atoms with Gasteiger partial charge in [-0.3, -0.25) is 0 Å². The van der Waals surface area contributed by atoms with E-state index in [9.17, 15) is 5.11 Å². The van der Waals surface area contributed by atoms with Crippen molar-refractivity contribution in [2.75, 3.05) is 0 Å². The summed E-state index contributed by atoms with van der Waals surface area (Å²) in [5.74, 6) is 2.31. The minimum atomic E-state index is -0.726. The summed E-state index contributed by atoms with van der Waals surface area (Å²) in [5, 5.41) is 12.9. The van der Waals surface area contributed by atoms with Crippen molar-refractivity contribution in [2.45, 2.75) is 0 Å². The Morgan fingerprint density at radius 3 is 1.50 bits per heavy atom. The maximum Gasteiger partial charge on any atom is 0.123 e. The largest absolute Gasteiger partial charge is 0.507 e. The lowest BCUT2D eigenvalue weighted by Gasteiger charge is -2.15. The smallest absolute Gasteiger partial charge is 0.123 e. The van der Waals surface area contributed by atoms with E-state index in [4.69, 9.17) is 0 Å². The molecule has 3 aromatic rings. The molecule has 3 rings (SSSR count). The number of hydrogen-bond donors (Lipinski definition) is 1. The minimum absolute atomic E-state index is 0.333. The summed E-state index contributed by atoms with van der Waals surface area (Å²) >= 11 is 0. The Morgan fingerprint density at radius 1 is 0.636 bits per heavy atom. The lowest BCUT2D eigenvalue weighted by Crippen LogP contribution is -2.09. The van der Waals surface area contributed by atoms with Gasteiger partial charge in [0.2, 0.25) is 0 Å². The highest BCUT2D eigenvalue weighted by atomic mass is 31.1. The predicted octanol–water partition coefficient (Wildman–Crippen LogP) is 4.68. The Labute approximate surface area is 132 Å². The monoisotopic (exact) mass is 304 g/mol. The third kappa shape index (κ3) is 3.44. The van der Waals surface area contributed by atoms with E-state index >= 15 is 0 Å². The molecular formula is C20H17OP. The SMILES string of the molecule is OC(=CP(c1ccccc1)c1ccccc1)c1ccccc1. The van der Waals surface area contributed by atoms with E-state index in [0.29, 0.717) is 5.76 Å². The molecular weight excluding hydrogens is 287 g/mol. The summed E-state index contributed by atoms with van der Waals surface area (Å²) in [6, 6.07) is 30.4. The molecule has 0 aliphatic rings. The van der Waals surface area contributed by atoms with Crippen LogP contribution in [-0.4, -0.2) is 5.11 Å². The molecule has 0 saturated heterocycles. The number of aliphatic hydroxyl groups is 1. The van der Waals surface area contributed by atoms with Crippen molar-refractivity contribution in [1.29, 1.82) is 0 Å². The molecule has 0 amide bonds. The van der Waals surface area contributed by atoms with Crippen LogP contribution < -0.4 is 10.6 Å². The summed E-state index contributed by atoms with van der Waals surface area (Å²) in [6.45, 7) is 0. The standard InChI is InChI=1S/C20H17OP/c21-20(17-10-4-1-5-11-17)16-22(18-12-6-2-7-13-18)19-14-8-3-9-15-19/h1-16,21H. The van der Waals surface area contributed by atoms with Crippen molar-refractivity contribution in [1.82, 2.24) is 0 Å². The normalized spacial score (nSPS) is 11.6. The molecule has 0 bridgehead atoms. The average Bonchev–Trinajstić information content (AvgIpc) is 2.62. The van der Waals surface area contributed by atoms with E-state index in [1.165, 1.54) is 10.6 Å². The Morgan fingerprint density at radius 2 is 1.05 bits per heavy atom. The van der Waals surface area contributed by atoms with Crippen molar-refractivity contribution < 1.29 is 5.11 Å². The zero-order valence-corrected chi connectivity index (χ0v) is 13.0. The third-order valence-electron chi connectivity index (χ3n) is 3.39. The van der Waals surface area contributed by atoms with Gasteiger partial charge in [-0.2, -0.15) is 0 Å². The maximum atomic E-state index is 10.5. The summed E-state index contributed by atoms with van der Waals surface area (Å²) in [7, 11) is -0.726. The molecule has 22 heavy (non-hydrogen) atoms. The molecule has 3 aromatic carbocycles. The van der Waals surface area contributed by atoms with Crippen LogP contribution in [0.1, 0.15) is 5.56 Å². The van der Waals surface area contributed by atoms with Gasteiger partial charge in [0.1, 0.15) is 5.76 Å². The Kier molecular flexibility index (Phi) is 4.68. The van der Waals surface area contributed by atoms with Crippen molar-refractivity contribution in [3.8, 4) is 0 Å². The summed E-state index contributed by atoms with van der Waals surface area (Å²) in [4.78, 5) is 0. The predicted molar refractivity (Wildman–Crippen MR) is 96.1 cm³/mol. The van der Waals surface area contributed by atoms with E-state index in [1.807, 2.05) is 72.5 Å². The molecule has 0 spiro atoms. The number of rotatable bonds is 4. The van der Waals surface area contributed by atoms with Crippen LogP contribution in [0, 0.1) is 0 Å². The van der Waals surface area contributed by atoms with Crippen LogP contribution in [0.3, 0.4) is 0 Å². The van der Waals surface area contributed by atoms with Gasteiger partial charge in [0.05, 0.1) is 0 Å². The number of hydrogen-bond acceptors (Lipinski definition) is 1. The maximum absolute atomic E-state index is 10.5. The summed E-state index contributed by atoms with van der Waals surface area (Å²) in [5.41, 5.74) is 0.849. The minimum Gasteiger partial charge on any atom is -0.507 e. The highest BCUT2D eigenvalue weighted by Gasteiger charge is 2.12. The second-order valence-electron chi connectivity index (χ2n) is 4.92. The van der Waals surface area contributed by atoms with E-state index < -0.39 is 7.92 Å². The van der Waals surface area contributed by atoms with Gasteiger partial charge in [-0.05, 0) is 24.3 Å². The molecule has 0 aliphatic carbocycles. The van der Waals surface area contributed by atoms with E-state index in [0.717, 1.165) is 5.56 Å². The van der Waals surface area contributed by atoms with Gasteiger partial charge in [0.15, 0.2) is 0 Å². The second-order valence-corrected chi connectivity index (χ2v) is 6.95. The van der Waals surface area contributed by atoms with Gasteiger partial charge in [-0.25, -0.2) is 0 Å². The Balaban J connectivity index is 2.03. The lowest BCUT2D eigenvalue weighted by molar-refractivity contribution is 0.513. The van der Waals surface area contributed by atoms with Crippen molar-refractivity contribution >= 4 is 24.3 Å². The van der Waals surface area contributed by atoms with E-state index in [1.54, 1.807) is 0 Å². The molecule has 0 aliphatic heterocycles. The average molecular weight is 304 g/mol. The quantitative estimate of drug-likeness (QED) is 0.548. The Bertz CT molecular complexity index is 697. The lowest BCUT2D eigenvalue weighted by atomic mass is 10.2. The molecule has 0 fully saturated rings. The van der Waals surface area contributed by atoms with E-state index in [-0.39, 0.29) is 0 Å². The van der Waals surface area contributed by atoms with Gasteiger partial charge < -0.3 is 5.11 Å². The van der Waals surface area contributed by atoms with Crippen LogP contribution in [0.2, 0.25) is 0 Å². The summed E-state index contributed by atoms with van der Waals surface area (Å²) < 4.78 is 0. The Hall–Kier alpha value is -2.37. The zero-order chi connectivity index (χ0) is 15.2. The van der Waals surface area contributed by atoms with Crippen molar-refractivity contribution in [3.63, 3.8) is 0 Å². The van der Waals surface area contributed by atoms with Crippen LogP contribution in [-0.2, 0) is 0 Å². The fourth-order valence-electron chi connectivity index (χ4n) is 2.28. The van der Waals surface area contributed by atoms with Crippen LogP contribution in [0.25, 0.3) is 5.76 Å². The van der Waals surface area contributed by atoms with Gasteiger partial charge in [-0.1, -0.05) is 91.0 Å². The number of benzene rings is 3. The van der Waals surface area contributed by atoms with Crippen LogP contribution in [0.4, 0.5) is 0 Å². The topological polar surface area (TPSA) is 20.2 Å². The second kappa shape index (κ2) is 7.06.